The maximum atomic E-state index is 10.2. The van der Waals surface area contributed by atoms with E-state index in [9.17, 15) is 4.79 Å². The molecule has 0 atom stereocenters. The molecule has 1 amide bonds. The third-order valence-corrected chi connectivity index (χ3v) is 0.752. The number of hydrogen-bond donors (Lipinski definition) is 1. The molecule has 9 heavy (non-hydrogen) atoms. The third kappa shape index (κ3) is 5.39. The van der Waals surface area contributed by atoms with Gasteiger partial charge < -0.3 is 9.47 Å². The van der Waals surface area contributed by atoms with E-state index in [2.05, 4.69) is 9.47 Å². The van der Waals surface area contributed by atoms with Gasteiger partial charge in [0.15, 0.2) is 0 Å². The maximum absolute atomic E-state index is 10.2. The molecule has 0 radical (unpaired) electrons. The van der Waals surface area contributed by atoms with Crippen LogP contribution in [0, 0.1) is 0 Å². The van der Waals surface area contributed by atoms with Crippen molar-refractivity contribution >= 4 is 17.9 Å². The first-order valence-corrected chi connectivity index (χ1v) is 2.71. The lowest BCUT2D eigenvalue weighted by molar-refractivity contribution is 0.102. The molecule has 0 fully saturated rings. The lowest BCUT2D eigenvalue weighted by atomic mass is 10.8. The normalized spacial score (nSPS) is 8.67. The molecule has 0 spiro atoms. The van der Waals surface area contributed by atoms with Crippen LogP contribution in [-0.4, -0.2) is 26.4 Å². The van der Waals surface area contributed by atoms with E-state index >= 15 is 0 Å². The third-order valence-electron chi connectivity index (χ3n) is 0.598. The molecule has 0 unspecified atom stereocenters. The number of halogens is 1. The van der Waals surface area contributed by atoms with Crippen molar-refractivity contribution in [2.75, 3.05) is 20.3 Å². The zero-order valence-corrected chi connectivity index (χ0v) is 5.77. The Kier molecular flexibility index (Phi) is 5.35. The molecule has 0 saturated heterocycles. The summed E-state index contributed by atoms with van der Waals surface area (Å²) in [5.41, 5.74) is 0. The number of carbonyl (C=O) groups is 1. The fourth-order valence-electron chi connectivity index (χ4n) is 0.245. The van der Waals surface area contributed by atoms with Crippen molar-refractivity contribution in [1.82, 2.24) is 4.84 Å². The molecule has 0 aliphatic rings. The average Bonchev–Trinajstić information content (AvgIpc) is 1.89. The summed E-state index contributed by atoms with van der Waals surface area (Å²) in [5, 5.41) is 0. The van der Waals surface area contributed by atoms with E-state index in [1.165, 1.54) is 7.11 Å². The molecule has 0 aliphatic carbocycles. The smallest absolute Gasteiger partial charge is 0.421 e. The molecular weight excluding hydrogens is 146 g/mol. The Morgan fingerprint density at radius 1 is 1.67 bits per heavy atom. The van der Waals surface area contributed by atoms with Crippen LogP contribution >= 0.6 is 11.8 Å². The molecule has 5 heteroatoms. The van der Waals surface area contributed by atoms with Crippen molar-refractivity contribution in [2.24, 2.45) is 0 Å². The minimum Gasteiger partial charge on any atom is -0.446 e. The number of hydrogen-bond acceptors (Lipinski definition) is 3. The first-order valence-electron chi connectivity index (χ1n) is 2.33. The molecule has 0 aromatic heterocycles. The van der Waals surface area contributed by atoms with Crippen molar-refractivity contribution < 1.29 is 14.3 Å². The van der Waals surface area contributed by atoms with E-state index in [0.717, 1.165) is 0 Å². The summed E-state index contributed by atoms with van der Waals surface area (Å²) in [7, 11) is 1.52. The summed E-state index contributed by atoms with van der Waals surface area (Å²) >= 11 is 4.87. The van der Waals surface area contributed by atoms with Gasteiger partial charge in [0.05, 0.1) is 6.61 Å². The van der Waals surface area contributed by atoms with Crippen molar-refractivity contribution in [3.05, 3.63) is 0 Å². The van der Waals surface area contributed by atoms with Crippen LogP contribution in [0.2, 0.25) is 0 Å². The van der Waals surface area contributed by atoms with E-state index in [1.54, 1.807) is 4.84 Å². The van der Waals surface area contributed by atoms with E-state index in [4.69, 9.17) is 11.8 Å². The highest BCUT2D eigenvalue weighted by Gasteiger charge is 1.95. The lowest BCUT2D eigenvalue weighted by Crippen LogP contribution is -2.16. The first kappa shape index (κ1) is 8.52. The summed E-state index contributed by atoms with van der Waals surface area (Å²) in [5.74, 6) is 0. The zero-order chi connectivity index (χ0) is 7.11. The molecule has 0 saturated carbocycles. The Morgan fingerprint density at radius 2 is 2.33 bits per heavy atom. The standard InChI is InChI=1S/C4H8ClNO3/c1-8-2-3-9-4(7)6-5/h2-3H2,1H3,(H,6,7). The lowest BCUT2D eigenvalue weighted by Gasteiger charge is -1.99. The summed E-state index contributed by atoms with van der Waals surface area (Å²) in [6.07, 6.45) is -0.659. The highest BCUT2D eigenvalue weighted by molar-refractivity contribution is 6.20. The highest BCUT2D eigenvalue weighted by Crippen LogP contribution is 1.78. The minimum atomic E-state index is -0.659. The van der Waals surface area contributed by atoms with Gasteiger partial charge in [-0.25, -0.2) is 9.63 Å². The molecule has 0 aromatic carbocycles. The van der Waals surface area contributed by atoms with Crippen LogP contribution in [-0.2, 0) is 9.47 Å². The van der Waals surface area contributed by atoms with Gasteiger partial charge in [-0.1, -0.05) is 0 Å². The van der Waals surface area contributed by atoms with Crippen molar-refractivity contribution in [1.29, 1.82) is 0 Å². The number of amides is 1. The number of nitrogens with one attached hydrogen (secondary N) is 1. The predicted molar refractivity (Wildman–Crippen MR) is 32.2 cm³/mol. The van der Waals surface area contributed by atoms with Gasteiger partial charge in [0.25, 0.3) is 0 Å². The van der Waals surface area contributed by atoms with Gasteiger partial charge in [-0.3, -0.25) is 0 Å². The monoisotopic (exact) mass is 153 g/mol. The zero-order valence-electron chi connectivity index (χ0n) is 5.02. The topological polar surface area (TPSA) is 47.6 Å². The Morgan fingerprint density at radius 3 is 2.78 bits per heavy atom. The van der Waals surface area contributed by atoms with Crippen LogP contribution in [0.5, 0.6) is 0 Å². The van der Waals surface area contributed by atoms with Crippen molar-refractivity contribution in [3.63, 3.8) is 0 Å². The summed E-state index contributed by atoms with van der Waals surface area (Å²) in [4.78, 5) is 11.9. The van der Waals surface area contributed by atoms with Gasteiger partial charge in [0.1, 0.15) is 6.61 Å². The van der Waals surface area contributed by atoms with Crippen LogP contribution in [0.4, 0.5) is 4.79 Å². The quantitative estimate of drug-likeness (QED) is 0.475. The first-order chi connectivity index (χ1) is 4.31. The van der Waals surface area contributed by atoms with Gasteiger partial charge >= 0.3 is 6.09 Å². The number of rotatable bonds is 3. The predicted octanol–water partition coefficient (Wildman–Crippen LogP) is 0.513. The average molecular weight is 154 g/mol. The molecule has 1 N–H and O–H groups in total. The van der Waals surface area contributed by atoms with Crippen LogP contribution in [0.3, 0.4) is 0 Å². The van der Waals surface area contributed by atoms with E-state index in [0.29, 0.717) is 6.61 Å². The fourth-order valence-corrected chi connectivity index (χ4v) is 0.300. The van der Waals surface area contributed by atoms with E-state index in [-0.39, 0.29) is 6.61 Å². The molecule has 0 aromatic rings. The molecule has 0 heterocycles. The molecule has 0 bridgehead atoms. The highest BCUT2D eigenvalue weighted by atomic mass is 35.5. The number of carbonyl (C=O) groups excluding carboxylic acids is 1. The summed E-state index contributed by atoms with van der Waals surface area (Å²) < 4.78 is 9.01. The number of methoxy groups -OCH3 is 1. The van der Waals surface area contributed by atoms with Gasteiger partial charge in [0.2, 0.25) is 0 Å². The minimum absolute atomic E-state index is 0.217. The van der Waals surface area contributed by atoms with E-state index in [1.807, 2.05) is 0 Å². The Hall–Kier alpha value is -0.480. The van der Waals surface area contributed by atoms with E-state index < -0.39 is 6.09 Å². The molecular formula is C4H8ClNO3. The second-order valence-electron chi connectivity index (χ2n) is 1.22. The Bertz CT molecular complexity index is 87.9. The van der Waals surface area contributed by atoms with Gasteiger partial charge in [-0.15, -0.1) is 0 Å². The Labute approximate surface area is 58.2 Å². The summed E-state index contributed by atoms with van der Waals surface area (Å²) in [6, 6.07) is 0. The fraction of sp³-hybridized carbons (Fsp3) is 0.750. The molecule has 4 nitrogen and oxygen atoms in total. The van der Waals surface area contributed by atoms with Crippen LogP contribution < -0.4 is 4.84 Å². The Balaban J connectivity index is 2.97. The second kappa shape index (κ2) is 5.65. The SMILES string of the molecule is COCCOC(=O)NCl. The van der Waals surface area contributed by atoms with Crippen LogP contribution in [0.1, 0.15) is 0 Å². The largest absolute Gasteiger partial charge is 0.446 e. The molecule has 54 valence electrons. The number of ether oxygens (including phenoxy) is 2. The van der Waals surface area contributed by atoms with Crippen molar-refractivity contribution in [2.45, 2.75) is 0 Å². The van der Waals surface area contributed by atoms with Gasteiger partial charge in [0, 0.05) is 18.9 Å². The summed E-state index contributed by atoms with van der Waals surface area (Å²) in [6.45, 7) is 0.597. The maximum Gasteiger partial charge on any atom is 0.421 e. The van der Waals surface area contributed by atoms with Crippen LogP contribution in [0.15, 0.2) is 0 Å². The van der Waals surface area contributed by atoms with Gasteiger partial charge in [-0.2, -0.15) is 0 Å². The van der Waals surface area contributed by atoms with Crippen molar-refractivity contribution in [3.8, 4) is 0 Å². The van der Waals surface area contributed by atoms with Crippen LogP contribution in [0.25, 0.3) is 0 Å². The molecule has 0 aliphatic heterocycles. The second-order valence-corrected chi connectivity index (χ2v) is 1.41. The molecule has 0 rings (SSSR count). The van der Waals surface area contributed by atoms with Gasteiger partial charge in [-0.05, 0) is 0 Å².